The van der Waals surface area contributed by atoms with Crippen molar-refractivity contribution < 1.29 is 14.6 Å². The van der Waals surface area contributed by atoms with E-state index in [1.54, 1.807) is 24.5 Å². The van der Waals surface area contributed by atoms with Crippen molar-refractivity contribution in [3.8, 4) is 11.5 Å². The average Bonchev–Trinajstić information content (AvgIpc) is 3.58. The van der Waals surface area contributed by atoms with Gasteiger partial charge in [-0.25, -0.2) is 9.97 Å². The molecule has 11 heteroatoms. The molecule has 4 aromatic heterocycles. The molecule has 1 aliphatic carbocycles. The quantitative estimate of drug-likeness (QED) is 0.298. The third-order valence-corrected chi connectivity index (χ3v) is 6.46. The third-order valence-electron chi connectivity index (χ3n) is 6.46. The van der Waals surface area contributed by atoms with Crippen molar-refractivity contribution in [3.05, 3.63) is 42.4 Å². The molecule has 1 saturated carbocycles. The normalized spacial score (nSPS) is 14.5. The van der Waals surface area contributed by atoms with Crippen LogP contribution in [-0.4, -0.2) is 46.9 Å². The van der Waals surface area contributed by atoms with E-state index in [1.807, 2.05) is 35.4 Å². The largest absolute Gasteiger partial charge is 0.455 e. The summed E-state index contributed by atoms with van der Waals surface area (Å²) in [6, 6.07) is 7.31. The number of hydrogen-bond donors (Lipinski definition) is 3. The molecule has 0 aromatic carbocycles. The Morgan fingerprint density at radius 2 is 1.97 bits per heavy atom. The highest BCUT2D eigenvalue weighted by Crippen LogP contribution is 2.32. The van der Waals surface area contributed by atoms with E-state index in [-0.39, 0.29) is 29.8 Å². The Bertz CT molecular complexity index is 1470. The number of rotatable bonds is 9. The highest BCUT2D eigenvalue weighted by Gasteiger charge is 2.30. The molecule has 0 bridgehead atoms. The molecule has 0 unspecified atom stereocenters. The number of imidazole rings is 1. The molecule has 1 fully saturated rings. The Labute approximate surface area is 221 Å². The van der Waals surface area contributed by atoms with Gasteiger partial charge in [0.15, 0.2) is 11.5 Å². The molecule has 11 nitrogen and oxygen atoms in total. The zero-order valence-corrected chi connectivity index (χ0v) is 22.4. The van der Waals surface area contributed by atoms with Crippen molar-refractivity contribution in [1.29, 1.82) is 0 Å². The number of carbonyl (C=O) groups is 1. The van der Waals surface area contributed by atoms with E-state index in [0.29, 0.717) is 41.3 Å². The van der Waals surface area contributed by atoms with Crippen molar-refractivity contribution in [3.63, 3.8) is 0 Å². The molecule has 0 aliphatic heterocycles. The van der Waals surface area contributed by atoms with E-state index in [2.05, 4.69) is 46.4 Å². The molecule has 1 atom stereocenters. The Hall–Kier alpha value is -3.99. The van der Waals surface area contributed by atoms with Gasteiger partial charge in [0.25, 0.3) is 0 Å². The number of anilines is 3. The van der Waals surface area contributed by atoms with Gasteiger partial charge in [0.05, 0.1) is 11.7 Å². The first kappa shape index (κ1) is 25.7. The van der Waals surface area contributed by atoms with E-state index in [0.717, 1.165) is 24.1 Å². The van der Waals surface area contributed by atoms with Gasteiger partial charge in [-0.15, -0.1) is 0 Å². The van der Waals surface area contributed by atoms with Crippen LogP contribution in [0, 0.1) is 11.8 Å². The second-order valence-corrected chi connectivity index (χ2v) is 11.0. The van der Waals surface area contributed by atoms with Gasteiger partial charge in [0, 0.05) is 61.6 Å². The first-order valence-electron chi connectivity index (χ1n) is 12.8. The Balaban J connectivity index is 1.35. The lowest BCUT2D eigenvalue weighted by Gasteiger charge is -2.21. The van der Waals surface area contributed by atoms with Crippen LogP contribution in [0.5, 0.6) is 11.5 Å². The maximum atomic E-state index is 12.1. The molecule has 1 amide bonds. The van der Waals surface area contributed by atoms with E-state index < -0.39 is 0 Å². The summed E-state index contributed by atoms with van der Waals surface area (Å²) in [5.41, 5.74) is 2.30. The Morgan fingerprint density at radius 3 is 2.68 bits per heavy atom. The molecular formula is C27H34N8O3. The van der Waals surface area contributed by atoms with Crippen LogP contribution in [0.3, 0.4) is 0 Å². The first-order chi connectivity index (χ1) is 18.1. The van der Waals surface area contributed by atoms with Crippen LogP contribution in [0.2, 0.25) is 0 Å². The summed E-state index contributed by atoms with van der Waals surface area (Å²) in [4.78, 5) is 25.4. The monoisotopic (exact) mass is 518 g/mol. The maximum absolute atomic E-state index is 12.1. The first-order valence-corrected chi connectivity index (χ1v) is 12.8. The van der Waals surface area contributed by atoms with Crippen LogP contribution in [0.25, 0.3) is 11.2 Å². The Kier molecular flexibility index (Phi) is 6.78. The third kappa shape index (κ3) is 5.62. The van der Waals surface area contributed by atoms with Gasteiger partial charge in [-0.3, -0.25) is 9.48 Å². The van der Waals surface area contributed by atoms with Crippen molar-refractivity contribution in [2.45, 2.75) is 52.5 Å². The summed E-state index contributed by atoms with van der Waals surface area (Å²) in [5, 5.41) is 20.4. The molecule has 1 aliphatic rings. The number of amides is 1. The van der Waals surface area contributed by atoms with Crippen LogP contribution < -0.4 is 15.4 Å². The van der Waals surface area contributed by atoms with Crippen LogP contribution in [0.15, 0.2) is 36.7 Å². The zero-order valence-electron chi connectivity index (χ0n) is 22.4. The van der Waals surface area contributed by atoms with Crippen LogP contribution >= 0.6 is 0 Å². The predicted octanol–water partition coefficient (Wildman–Crippen LogP) is 4.37. The van der Waals surface area contributed by atoms with Crippen LogP contribution in [0.4, 0.5) is 17.6 Å². The summed E-state index contributed by atoms with van der Waals surface area (Å²) < 4.78 is 9.87. The number of fused-ring (bicyclic) bond motifs is 1. The summed E-state index contributed by atoms with van der Waals surface area (Å²) in [7, 11) is 1.90. The minimum Gasteiger partial charge on any atom is -0.455 e. The van der Waals surface area contributed by atoms with Gasteiger partial charge < -0.3 is 25.0 Å². The second kappa shape index (κ2) is 10.1. The number of nitrogens with zero attached hydrogens (tertiary/aromatic N) is 6. The molecule has 4 aromatic rings. The molecule has 200 valence electrons. The summed E-state index contributed by atoms with van der Waals surface area (Å²) >= 11 is 0. The lowest BCUT2D eigenvalue weighted by Crippen LogP contribution is -2.21. The lowest BCUT2D eigenvalue weighted by atomic mass is 9.92. The topological polar surface area (TPSA) is 132 Å². The molecule has 38 heavy (non-hydrogen) atoms. The zero-order chi connectivity index (χ0) is 27.0. The molecule has 0 saturated heterocycles. The van der Waals surface area contributed by atoms with Gasteiger partial charge in [0.2, 0.25) is 11.9 Å². The van der Waals surface area contributed by atoms with Crippen LogP contribution in [-0.2, 0) is 23.8 Å². The van der Waals surface area contributed by atoms with Crippen LogP contribution in [0.1, 0.15) is 46.2 Å². The fraction of sp³-hybridized carbons (Fsp3) is 0.444. The number of aromatic nitrogens is 6. The van der Waals surface area contributed by atoms with E-state index in [1.165, 1.54) is 0 Å². The van der Waals surface area contributed by atoms with E-state index in [4.69, 9.17) is 9.84 Å². The van der Waals surface area contributed by atoms with Gasteiger partial charge in [-0.1, -0.05) is 27.7 Å². The van der Waals surface area contributed by atoms with Crippen molar-refractivity contribution in [2.75, 3.05) is 17.2 Å². The Morgan fingerprint density at radius 1 is 1.18 bits per heavy atom. The smallest absolute Gasteiger partial charge is 0.228 e. The van der Waals surface area contributed by atoms with Gasteiger partial charge in [-0.2, -0.15) is 10.1 Å². The fourth-order valence-electron chi connectivity index (χ4n) is 4.16. The van der Waals surface area contributed by atoms with Gasteiger partial charge in [-0.05, 0) is 24.8 Å². The SMILES string of the molecule is C[C@H](CO)Cn1nc(Nc2nc3ncc(Oc4ccnc(NC(=O)C5CC5)c4)cc3n2C)cc1C(C)(C)C. The molecule has 0 spiro atoms. The van der Waals surface area contributed by atoms with E-state index in [9.17, 15) is 9.90 Å². The molecular weight excluding hydrogens is 484 g/mol. The van der Waals surface area contributed by atoms with E-state index >= 15 is 0 Å². The van der Waals surface area contributed by atoms with Crippen molar-refractivity contribution >= 4 is 34.7 Å². The summed E-state index contributed by atoms with van der Waals surface area (Å²) in [5.74, 6) is 3.00. The number of pyridine rings is 2. The summed E-state index contributed by atoms with van der Waals surface area (Å²) in [6.45, 7) is 9.14. The van der Waals surface area contributed by atoms with Gasteiger partial charge in [0.1, 0.15) is 17.3 Å². The number of aliphatic hydroxyl groups excluding tert-OH is 1. The number of aliphatic hydroxyl groups is 1. The number of aryl methyl sites for hydroxylation is 1. The number of hydrogen-bond acceptors (Lipinski definition) is 8. The van der Waals surface area contributed by atoms with Crippen molar-refractivity contribution in [2.24, 2.45) is 18.9 Å². The minimum atomic E-state index is -0.115. The average molecular weight is 519 g/mol. The number of nitrogens with one attached hydrogen (secondary N) is 2. The number of ether oxygens (including phenoxy) is 1. The summed E-state index contributed by atoms with van der Waals surface area (Å²) in [6.07, 6.45) is 5.07. The molecule has 5 rings (SSSR count). The molecule has 0 radical (unpaired) electrons. The standard InChI is InChI=1S/C27H34N8O3/c1-16(15-36)14-35-21(27(2,3)4)12-23(33-35)31-26-32-24-20(34(26)5)10-19(13-29-24)38-18-8-9-28-22(11-18)30-25(37)17-6-7-17/h8-13,16-17,36H,6-7,14-15H2,1-5H3,(H,28,30,37)(H,29,31,32,33)/t16-/m0/s1. The molecule has 3 N–H and O–H groups in total. The highest BCUT2D eigenvalue weighted by atomic mass is 16.5. The van der Waals surface area contributed by atoms with Crippen molar-refractivity contribution in [1.82, 2.24) is 29.3 Å². The predicted molar refractivity (Wildman–Crippen MR) is 145 cm³/mol. The second-order valence-electron chi connectivity index (χ2n) is 11.0. The number of carbonyl (C=O) groups excluding carboxylic acids is 1. The van der Waals surface area contributed by atoms with Gasteiger partial charge >= 0.3 is 0 Å². The highest BCUT2D eigenvalue weighted by molar-refractivity contribution is 5.93. The lowest BCUT2D eigenvalue weighted by molar-refractivity contribution is -0.117. The minimum absolute atomic E-state index is 0.00462. The maximum Gasteiger partial charge on any atom is 0.228 e. The fourth-order valence-corrected chi connectivity index (χ4v) is 4.16. The molecule has 4 heterocycles.